The first-order chi connectivity index (χ1) is 8.99. The number of esters is 1. The van der Waals surface area contributed by atoms with E-state index in [2.05, 4.69) is 4.74 Å². The highest BCUT2D eigenvalue weighted by molar-refractivity contribution is 5.75. The van der Waals surface area contributed by atoms with E-state index in [1.165, 1.54) is 19.2 Å². The van der Waals surface area contributed by atoms with Crippen LogP contribution in [0.15, 0.2) is 18.2 Å². The molecule has 1 aromatic carbocycles. The molecule has 0 aliphatic heterocycles. The molecule has 0 fully saturated rings. The molecule has 2 N–H and O–H groups in total. The van der Waals surface area contributed by atoms with E-state index in [1.54, 1.807) is 6.07 Å². The lowest BCUT2D eigenvalue weighted by atomic mass is 9.98. The van der Waals surface area contributed by atoms with Crippen molar-refractivity contribution in [1.29, 1.82) is 5.26 Å². The summed E-state index contributed by atoms with van der Waals surface area (Å²) in [4.78, 5) is 21.8. The Bertz CT molecular complexity index is 532. The third kappa shape index (κ3) is 3.79. The van der Waals surface area contributed by atoms with Crippen LogP contribution in [-0.2, 0) is 20.7 Å². The van der Waals surface area contributed by atoms with Gasteiger partial charge in [-0.15, -0.1) is 0 Å². The van der Waals surface area contributed by atoms with Gasteiger partial charge < -0.3 is 14.9 Å². The first kappa shape index (κ1) is 14.7. The number of hydrogen-bond acceptors (Lipinski definition) is 5. The molecule has 0 amide bonds. The van der Waals surface area contributed by atoms with E-state index in [0.717, 1.165) is 0 Å². The maximum absolute atomic E-state index is 11.0. The highest BCUT2D eigenvalue weighted by Crippen LogP contribution is 2.20. The summed E-state index contributed by atoms with van der Waals surface area (Å²) in [5.74, 6) is -1.81. The molecule has 6 heteroatoms. The van der Waals surface area contributed by atoms with Crippen molar-refractivity contribution in [2.75, 3.05) is 7.11 Å². The lowest BCUT2D eigenvalue weighted by Crippen LogP contribution is -2.12. The Morgan fingerprint density at radius 3 is 2.68 bits per heavy atom. The fraction of sp³-hybridized carbons (Fsp3) is 0.308. The number of ether oxygens (including phenoxy) is 1. The fourth-order valence-electron chi connectivity index (χ4n) is 1.58. The number of benzene rings is 1. The minimum Gasteiger partial charge on any atom is -0.479 e. The van der Waals surface area contributed by atoms with Crippen molar-refractivity contribution in [2.24, 2.45) is 0 Å². The Kier molecular flexibility index (Phi) is 5.03. The van der Waals surface area contributed by atoms with Crippen LogP contribution in [0.25, 0.3) is 0 Å². The Hall–Kier alpha value is -2.39. The van der Waals surface area contributed by atoms with Crippen molar-refractivity contribution in [3.63, 3.8) is 0 Å². The zero-order chi connectivity index (χ0) is 14.4. The van der Waals surface area contributed by atoms with E-state index >= 15 is 0 Å². The average molecular weight is 263 g/mol. The molecular formula is C13H13NO5. The highest BCUT2D eigenvalue weighted by atomic mass is 16.5. The standard InChI is InChI=1S/C13H13NO5/c1-19-11(15)5-3-8-2-4-9(7-14)10(6-8)12(16)13(17)18/h2,4,6,12,16H,3,5H2,1H3,(H,17,18). The van der Waals surface area contributed by atoms with E-state index < -0.39 is 12.1 Å². The third-order valence-electron chi connectivity index (χ3n) is 2.61. The summed E-state index contributed by atoms with van der Waals surface area (Å²) in [7, 11) is 1.28. The SMILES string of the molecule is COC(=O)CCc1ccc(C#N)c(C(O)C(=O)O)c1. The van der Waals surface area contributed by atoms with Crippen LogP contribution >= 0.6 is 0 Å². The largest absolute Gasteiger partial charge is 0.479 e. The number of carboxylic acid groups (broad SMARTS) is 1. The second-order valence-corrected chi connectivity index (χ2v) is 3.85. The molecular weight excluding hydrogens is 250 g/mol. The number of carbonyl (C=O) groups excluding carboxylic acids is 1. The Labute approximate surface area is 109 Å². The van der Waals surface area contributed by atoms with Crippen LogP contribution in [-0.4, -0.2) is 29.3 Å². The Morgan fingerprint density at radius 1 is 1.47 bits per heavy atom. The number of hydrogen-bond donors (Lipinski definition) is 2. The van der Waals surface area contributed by atoms with Crippen molar-refractivity contribution in [1.82, 2.24) is 0 Å². The average Bonchev–Trinajstić information content (AvgIpc) is 2.43. The van der Waals surface area contributed by atoms with Gasteiger partial charge in [0.05, 0.1) is 18.7 Å². The summed E-state index contributed by atoms with van der Waals surface area (Å²) in [5, 5.41) is 27.2. The van der Waals surface area contributed by atoms with Gasteiger partial charge in [-0.1, -0.05) is 12.1 Å². The molecule has 0 bridgehead atoms. The van der Waals surface area contributed by atoms with Gasteiger partial charge >= 0.3 is 11.9 Å². The number of nitriles is 1. The molecule has 6 nitrogen and oxygen atoms in total. The molecule has 1 atom stereocenters. The quantitative estimate of drug-likeness (QED) is 0.760. The predicted molar refractivity (Wildman–Crippen MR) is 64.1 cm³/mol. The maximum atomic E-state index is 11.0. The molecule has 1 rings (SSSR count). The van der Waals surface area contributed by atoms with Crippen molar-refractivity contribution >= 4 is 11.9 Å². The van der Waals surface area contributed by atoms with Crippen molar-refractivity contribution in [2.45, 2.75) is 18.9 Å². The number of aliphatic hydroxyl groups excluding tert-OH is 1. The van der Waals surface area contributed by atoms with Crippen LogP contribution in [0.1, 0.15) is 29.2 Å². The molecule has 100 valence electrons. The monoisotopic (exact) mass is 263 g/mol. The smallest absolute Gasteiger partial charge is 0.337 e. The lowest BCUT2D eigenvalue weighted by molar-refractivity contribution is -0.147. The fourth-order valence-corrected chi connectivity index (χ4v) is 1.58. The first-order valence-electron chi connectivity index (χ1n) is 5.50. The number of aryl methyl sites for hydroxylation is 1. The van der Waals surface area contributed by atoms with Gasteiger partial charge in [-0.05, 0) is 18.1 Å². The zero-order valence-corrected chi connectivity index (χ0v) is 10.3. The predicted octanol–water partition coefficient (Wildman–Crippen LogP) is 0.782. The summed E-state index contributed by atoms with van der Waals surface area (Å²) in [6.07, 6.45) is -1.27. The van der Waals surface area contributed by atoms with E-state index in [9.17, 15) is 14.7 Å². The van der Waals surface area contributed by atoms with Crippen LogP contribution in [0.2, 0.25) is 0 Å². The summed E-state index contributed by atoms with van der Waals surface area (Å²) < 4.78 is 4.50. The number of aliphatic carboxylic acids is 1. The van der Waals surface area contributed by atoms with Gasteiger partial charge in [0.25, 0.3) is 0 Å². The minimum absolute atomic E-state index is 0.0253. The van der Waals surface area contributed by atoms with Crippen LogP contribution in [0.4, 0.5) is 0 Å². The van der Waals surface area contributed by atoms with Crippen LogP contribution in [0, 0.1) is 11.3 Å². The van der Waals surface area contributed by atoms with E-state index in [1.807, 2.05) is 6.07 Å². The third-order valence-corrected chi connectivity index (χ3v) is 2.61. The van der Waals surface area contributed by atoms with Gasteiger partial charge in [0.15, 0.2) is 6.10 Å². The van der Waals surface area contributed by atoms with Crippen LogP contribution < -0.4 is 0 Å². The molecule has 0 aliphatic rings. The van der Waals surface area contributed by atoms with Gasteiger partial charge in [0.1, 0.15) is 0 Å². The van der Waals surface area contributed by atoms with Crippen molar-refractivity contribution in [3.05, 3.63) is 34.9 Å². The number of nitrogens with zero attached hydrogens (tertiary/aromatic N) is 1. The number of aliphatic hydroxyl groups is 1. The minimum atomic E-state index is -1.76. The van der Waals surface area contributed by atoms with Gasteiger partial charge in [0, 0.05) is 12.0 Å². The first-order valence-corrected chi connectivity index (χ1v) is 5.50. The molecule has 0 aliphatic carbocycles. The topological polar surface area (TPSA) is 108 Å². The van der Waals surface area contributed by atoms with E-state index in [4.69, 9.17) is 10.4 Å². The normalized spacial score (nSPS) is 11.4. The Balaban J connectivity index is 2.99. The second kappa shape index (κ2) is 6.52. The maximum Gasteiger partial charge on any atom is 0.337 e. The van der Waals surface area contributed by atoms with E-state index in [0.29, 0.717) is 12.0 Å². The molecule has 0 radical (unpaired) electrons. The molecule has 0 aromatic heterocycles. The highest BCUT2D eigenvalue weighted by Gasteiger charge is 2.20. The Morgan fingerprint density at radius 2 is 2.16 bits per heavy atom. The van der Waals surface area contributed by atoms with Crippen LogP contribution in [0.3, 0.4) is 0 Å². The summed E-state index contributed by atoms with van der Waals surface area (Å²) in [6, 6.07) is 6.27. The van der Waals surface area contributed by atoms with Gasteiger partial charge in [-0.25, -0.2) is 4.79 Å². The molecule has 0 saturated heterocycles. The summed E-state index contributed by atoms with van der Waals surface area (Å²) in [6.45, 7) is 0. The van der Waals surface area contributed by atoms with Crippen molar-refractivity contribution < 1.29 is 24.5 Å². The summed E-state index contributed by atoms with van der Waals surface area (Å²) >= 11 is 0. The number of carbonyl (C=O) groups is 2. The van der Waals surface area contributed by atoms with Gasteiger partial charge in [-0.3, -0.25) is 4.79 Å². The summed E-state index contributed by atoms with van der Waals surface area (Å²) in [5.41, 5.74) is 0.772. The van der Waals surface area contributed by atoms with E-state index in [-0.39, 0.29) is 23.5 Å². The van der Waals surface area contributed by atoms with Crippen LogP contribution in [0.5, 0.6) is 0 Å². The molecule has 1 aromatic rings. The number of carboxylic acids is 1. The molecule has 19 heavy (non-hydrogen) atoms. The van der Waals surface area contributed by atoms with Gasteiger partial charge in [-0.2, -0.15) is 5.26 Å². The molecule has 0 spiro atoms. The molecule has 0 saturated carbocycles. The van der Waals surface area contributed by atoms with Gasteiger partial charge in [0.2, 0.25) is 0 Å². The van der Waals surface area contributed by atoms with Crippen molar-refractivity contribution in [3.8, 4) is 6.07 Å². The zero-order valence-electron chi connectivity index (χ0n) is 10.3. The lowest BCUT2D eigenvalue weighted by Gasteiger charge is -2.10. The number of methoxy groups -OCH3 is 1. The molecule has 0 heterocycles. The molecule has 1 unspecified atom stereocenters. The second-order valence-electron chi connectivity index (χ2n) is 3.85. The number of rotatable bonds is 5.